The van der Waals surface area contributed by atoms with E-state index >= 15 is 0 Å². The van der Waals surface area contributed by atoms with E-state index in [9.17, 15) is 17.6 Å². The lowest BCUT2D eigenvalue weighted by atomic mass is 10.2. The molecule has 0 radical (unpaired) electrons. The fourth-order valence-corrected chi connectivity index (χ4v) is 5.86. The summed E-state index contributed by atoms with van der Waals surface area (Å²) in [6.45, 7) is 0.956. The molecule has 4 rings (SSSR count). The van der Waals surface area contributed by atoms with E-state index in [4.69, 9.17) is 4.74 Å². The molecule has 2 aromatic carbocycles. The Bertz CT molecular complexity index is 1240. The molecular weight excluding hydrogens is 499 g/mol. The second-order valence-corrected chi connectivity index (χ2v) is 11.5. The topological polar surface area (TPSA) is 66.9 Å². The lowest BCUT2D eigenvalue weighted by Crippen LogP contribution is -2.44. The molecule has 1 atom stereocenters. The minimum Gasteiger partial charge on any atom is -0.377 e. The number of halogens is 1. The van der Waals surface area contributed by atoms with E-state index in [-0.39, 0.29) is 37.5 Å². The quantitative estimate of drug-likeness (QED) is 0.355. The first kappa shape index (κ1) is 26.2. The molecule has 0 aliphatic carbocycles. The minimum absolute atomic E-state index is 0.108. The van der Waals surface area contributed by atoms with Gasteiger partial charge < -0.3 is 9.64 Å². The molecule has 1 aromatic heterocycles. The first-order valence-electron chi connectivity index (χ1n) is 11.8. The summed E-state index contributed by atoms with van der Waals surface area (Å²) in [5.41, 5.74) is 1.51. The van der Waals surface area contributed by atoms with Crippen LogP contribution in [0.2, 0.25) is 0 Å². The standard InChI is InChI=1S/C27H29FN2O4S2/c28-24-12-10-23(11-13-24)18-29(20-26-9-5-16-35-26)27(31)21-30(19-25-8-4-15-34-25)36(32,33)17-14-22-6-2-1-3-7-22/h1-3,5-7,9-14,16-17,25H,4,8,15,18-21H2. The average molecular weight is 529 g/mol. The lowest BCUT2D eigenvalue weighted by Gasteiger charge is -2.27. The number of hydrogen-bond acceptors (Lipinski definition) is 5. The Labute approximate surface area is 215 Å². The number of nitrogens with zero attached hydrogens (tertiary/aromatic N) is 2. The predicted molar refractivity (Wildman–Crippen MR) is 140 cm³/mol. The smallest absolute Gasteiger partial charge is 0.238 e. The van der Waals surface area contributed by atoms with Gasteiger partial charge in [0.05, 0.1) is 19.2 Å². The molecule has 0 bridgehead atoms. The molecule has 1 saturated heterocycles. The summed E-state index contributed by atoms with van der Waals surface area (Å²) < 4.78 is 47.0. The number of sulfonamides is 1. The fourth-order valence-electron chi connectivity index (χ4n) is 3.97. The molecule has 1 unspecified atom stereocenters. The number of rotatable bonds is 11. The Morgan fingerprint density at radius 1 is 1.06 bits per heavy atom. The summed E-state index contributed by atoms with van der Waals surface area (Å²) in [5, 5.41) is 3.08. The predicted octanol–water partition coefficient (Wildman–Crippen LogP) is 4.90. The molecule has 1 fully saturated rings. The Morgan fingerprint density at radius 3 is 2.50 bits per heavy atom. The van der Waals surface area contributed by atoms with Gasteiger partial charge in [0.25, 0.3) is 0 Å². The van der Waals surface area contributed by atoms with E-state index in [2.05, 4.69) is 0 Å². The molecule has 0 saturated carbocycles. The third-order valence-electron chi connectivity index (χ3n) is 5.90. The van der Waals surface area contributed by atoms with Crippen LogP contribution >= 0.6 is 11.3 Å². The first-order chi connectivity index (χ1) is 17.4. The highest BCUT2D eigenvalue weighted by atomic mass is 32.2. The van der Waals surface area contributed by atoms with Gasteiger partial charge in [-0.2, -0.15) is 4.31 Å². The SMILES string of the molecule is O=C(CN(CC1CCCO1)S(=O)(=O)C=Cc1ccccc1)N(Cc1ccc(F)cc1)Cc1cccs1. The van der Waals surface area contributed by atoms with Crippen LogP contribution in [-0.2, 0) is 32.6 Å². The van der Waals surface area contributed by atoms with E-state index in [0.717, 1.165) is 34.3 Å². The van der Waals surface area contributed by atoms with Crippen molar-refractivity contribution in [2.24, 2.45) is 0 Å². The normalized spacial score (nSPS) is 16.1. The number of carbonyl (C=O) groups is 1. The molecule has 1 aliphatic heterocycles. The van der Waals surface area contributed by atoms with Gasteiger partial charge in [-0.05, 0) is 53.6 Å². The summed E-state index contributed by atoms with van der Waals surface area (Å²) in [6.07, 6.45) is 2.89. The highest BCUT2D eigenvalue weighted by Crippen LogP contribution is 2.19. The largest absolute Gasteiger partial charge is 0.377 e. The van der Waals surface area contributed by atoms with Gasteiger partial charge in [0.2, 0.25) is 15.9 Å². The Morgan fingerprint density at radius 2 is 1.83 bits per heavy atom. The lowest BCUT2D eigenvalue weighted by molar-refractivity contribution is -0.132. The highest BCUT2D eigenvalue weighted by molar-refractivity contribution is 7.92. The molecule has 6 nitrogen and oxygen atoms in total. The van der Waals surface area contributed by atoms with Crippen molar-refractivity contribution in [1.82, 2.24) is 9.21 Å². The van der Waals surface area contributed by atoms with Crippen LogP contribution in [0, 0.1) is 5.82 Å². The van der Waals surface area contributed by atoms with Crippen molar-refractivity contribution in [2.75, 3.05) is 19.7 Å². The van der Waals surface area contributed by atoms with Gasteiger partial charge in [-0.15, -0.1) is 11.3 Å². The van der Waals surface area contributed by atoms with Crippen LogP contribution in [0.15, 0.2) is 77.5 Å². The van der Waals surface area contributed by atoms with Gasteiger partial charge in [-0.3, -0.25) is 4.79 Å². The molecule has 1 amide bonds. The van der Waals surface area contributed by atoms with Crippen molar-refractivity contribution in [3.05, 3.63) is 99.3 Å². The summed E-state index contributed by atoms with van der Waals surface area (Å²) in [7, 11) is -3.90. The molecule has 0 spiro atoms. The number of amides is 1. The Hall–Kier alpha value is -2.85. The molecule has 1 aliphatic rings. The number of benzene rings is 2. The summed E-state index contributed by atoms with van der Waals surface area (Å²) in [6, 6.07) is 19.0. The van der Waals surface area contributed by atoms with Crippen molar-refractivity contribution < 1.29 is 22.3 Å². The second-order valence-electron chi connectivity index (χ2n) is 8.64. The fraction of sp³-hybridized carbons (Fsp3) is 0.296. The van der Waals surface area contributed by atoms with Crippen molar-refractivity contribution in [3.63, 3.8) is 0 Å². The molecule has 0 N–H and O–H groups in total. The maximum atomic E-state index is 13.5. The van der Waals surface area contributed by atoms with Gasteiger partial charge >= 0.3 is 0 Å². The zero-order chi connectivity index (χ0) is 25.4. The average Bonchev–Trinajstić information content (AvgIpc) is 3.58. The molecule has 2 heterocycles. The van der Waals surface area contributed by atoms with E-state index in [1.165, 1.54) is 33.9 Å². The summed E-state index contributed by atoms with van der Waals surface area (Å²) in [5.74, 6) is -0.684. The van der Waals surface area contributed by atoms with Crippen molar-refractivity contribution in [1.29, 1.82) is 0 Å². The van der Waals surface area contributed by atoms with Gasteiger partial charge in [0.15, 0.2) is 0 Å². The molecular formula is C27H29FN2O4S2. The zero-order valence-corrected chi connectivity index (χ0v) is 21.5. The second kappa shape index (κ2) is 12.4. The van der Waals surface area contributed by atoms with E-state index in [1.807, 2.05) is 47.8 Å². The van der Waals surface area contributed by atoms with Crippen LogP contribution in [-0.4, -0.2) is 49.3 Å². The maximum Gasteiger partial charge on any atom is 0.238 e. The number of thiophene rings is 1. The van der Waals surface area contributed by atoms with Crippen molar-refractivity contribution >= 4 is 33.3 Å². The molecule has 190 valence electrons. The molecule has 3 aromatic rings. The van der Waals surface area contributed by atoms with Crippen LogP contribution < -0.4 is 0 Å². The van der Waals surface area contributed by atoms with Crippen LogP contribution in [0.5, 0.6) is 0 Å². The molecule has 36 heavy (non-hydrogen) atoms. The van der Waals surface area contributed by atoms with Gasteiger partial charge in [0.1, 0.15) is 5.82 Å². The monoisotopic (exact) mass is 528 g/mol. The van der Waals surface area contributed by atoms with Crippen LogP contribution in [0.1, 0.15) is 28.8 Å². The third-order valence-corrected chi connectivity index (χ3v) is 8.24. The number of carbonyl (C=O) groups excluding carboxylic acids is 1. The van der Waals surface area contributed by atoms with E-state index in [0.29, 0.717) is 13.2 Å². The van der Waals surface area contributed by atoms with Gasteiger partial charge in [0, 0.05) is 30.0 Å². The van der Waals surface area contributed by atoms with E-state index in [1.54, 1.807) is 17.0 Å². The van der Waals surface area contributed by atoms with Crippen LogP contribution in [0.4, 0.5) is 4.39 Å². The van der Waals surface area contributed by atoms with E-state index < -0.39 is 10.0 Å². The number of hydrogen-bond donors (Lipinski definition) is 0. The maximum absolute atomic E-state index is 13.5. The Kier molecular flexibility index (Phi) is 9.03. The highest BCUT2D eigenvalue weighted by Gasteiger charge is 2.29. The summed E-state index contributed by atoms with van der Waals surface area (Å²) >= 11 is 1.52. The van der Waals surface area contributed by atoms with Crippen LogP contribution in [0.3, 0.4) is 0 Å². The zero-order valence-electron chi connectivity index (χ0n) is 19.8. The van der Waals surface area contributed by atoms with Crippen LogP contribution in [0.25, 0.3) is 6.08 Å². The van der Waals surface area contributed by atoms with Crippen molar-refractivity contribution in [3.8, 4) is 0 Å². The minimum atomic E-state index is -3.90. The molecule has 9 heteroatoms. The third kappa shape index (κ3) is 7.57. The summed E-state index contributed by atoms with van der Waals surface area (Å²) in [4.78, 5) is 16.1. The van der Waals surface area contributed by atoms with Gasteiger partial charge in [-0.1, -0.05) is 48.5 Å². The van der Waals surface area contributed by atoms with Gasteiger partial charge in [-0.25, -0.2) is 12.8 Å². The first-order valence-corrected chi connectivity index (χ1v) is 14.2. The number of ether oxygens (including phenoxy) is 1. The van der Waals surface area contributed by atoms with Crippen molar-refractivity contribution in [2.45, 2.75) is 32.0 Å². The Balaban J connectivity index is 1.55.